The van der Waals surface area contributed by atoms with Crippen molar-refractivity contribution < 1.29 is 18.0 Å². The van der Waals surface area contributed by atoms with Gasteiger partial charge in [0, 0.05) is 18.3 Å². The SMILES string of the molecule is COc1cc(N)ccc1S(=O)(=O)N1CCCO1. The number of hydroxylamine groups is 1. The summed E-state index contributed by atoms with van der Waals surface area (Å²) < 4.78 is 30.4. The fraction of sp³-hybridized carbons (Fsp3) is 0.400. The van der Waals surface area contributed by atoms with Crippen molar-refractivity contribution in [2.75, 3.05) is 26.0 Å². The summed E-state index contributed by atoms with van der Waals surface area (Å²) in [5.74, 6) is 0.223. The molecule has 0 spiro atoms. The van der Waals surface area contributed by atoms with E-state index in [1.807, 2.05) is 0 Å². The zero-order valence-corrected chi connectivity index (χ0v) is 10.2. The Bertz CT molecular complexity index is 509. The Morgan fingerprint density at radius 3 is 2.82 bits per heavy atom. The third-order valence-corrected chi connectivity index (χ3v) is 4.17. The molecule has 0 aromatic heterocycles. The molecule has 0 aliphatic carbocycles. The number of nitrogens with two attached hydrogens (primary N) is 1. The quantitative estimate of drug-likeness (QED) is 0.803. The van der Waals surface area contributed by atoms with Gasteiger partial charge in [0.1, 0.15) is 10.6 Å². The van der Waals surface area contributed by atoms with E-state index in [0.29, 0.717) is 25.3 Å². The van der Waals surface area contributed by atoms with Crippen LogP contribution in [0.3, 0.4) is 0 Å². The van der Waals surface area contributed by atoms with Crippen LogP contribution in [0.5, 0.6) is 5.75 Å². The van der Waals surface area contributed by atoms with Crippen molar-refractivity contribution in [3.63, 3.8) is 0 Å². The molecule has 2 rings (SSSR count). The second kappa shape index (κ2) is 4.52. The molecule has 0 saturated carbocycles. The maximum Gasteiger partial charge on any atom is 0.268 e. The van der Waals surface area contributed by atoms with E-state index in [2.05, 4.69) is 0 Å². The number of sulfonamides is 1. The van der Waals surface area contributed by atoms with Crippen LogP contribution in [0.15, 0.2) is 23.1 Å². The van der Waals surface area contributed by atoms with Gasteiger partial charge in [-0.25, -0.2) is 8.42 Å². The van der Waals surface area contributed by atoms with Gasteiger partial charge in [-0.05, 0) is 18.6 Å². The highest BCUT2D eigenvalue weighted by Crippen LogP contribution is 2.29. The summed E-state index contributed by atoms with van der Waals surface area (Å²) in [6.45, 7) is 0.770. The first-order valence-corrected chi connectivity index (χ1v) is 6.59. The molecule has 1 aromatic rings. The van der Waals surface area contributed by atoms with Crippen molar-refractivity contribution in [1.29, 1.82) is 0 Å². The van der Waals surface area contributed by atoms with Crippen molar-refractivity contribution in [2.45, 2.75) is 11.3 Å². The molecule has 0 radical (unpaired) electrons. The Morgan fingerprint density at radius 2 is 2.24 bits per heavy atom. The second-order valence-corrected chi connectivity index (χ2v) is 5.43. The second-order valence-electron chi connectivity index (χ2n) is 3.63. The average Bonchev–Trinajstić information content (AvgIpc) is 2.82. The first-order valence-electron chi connectivity index (χ1n) is 5.15. The highest BCUT2D eigenvalue weighted by molar-refractivity contribution is 7.89. The van der Waals surface area contributed by atoms with Crippen molar-refractivity contribution in [3.8, 4) is 5.75 Å². The van der Waals surface area contributed by atoms with Crippen LogP contribution >= 0.6 is 0 Å². The Hall–Kier alpha value is -1.31. The number of anilines is 1. The van der Waals surface area contributed by atoms with Crippen molar-refractivity contribution >= 4 is 15.7 Å². The minimum atomic E-state index is -3.67. The first-order chi connectivity index (χ1) is 8.05. The van der Waals surface area contributed by atoms with Gasteiger partial charge in [-0.3, -0.25) is 4.84 Å². The lowest BCUT2D eigenvalue weighted by atomic mass is 10.3. The molecule has 1 saturated heterocycles. The van der Waals surface area contributed by atoms with E-state index in [0.717, 1.165) is 4.47 Å². The van der Waals surface area contributed by atoms with E-state index in [4.69, 9.17) is 15.3 Å². The summed E-state index contributed by atoms with van der Waals surface area (Å²) in [6.07, 6.45) is 0.691. The van der Waals surface area contributed by atoms with Gasteiger partial charge in [-0.1, -0.05) is 4.47 Å². The minimum Gasteiger partial charge on any atom is -0.495 e. The van der Waals surface area contributed by atoms with Crippen LogP contribution in [0.4, 0.5) is 5.69 Å². The molecule has 1 aliphatic heterocycles. The normalized spacial score (nSPS) is 17.2. The Labute approximate surface area is 99.9 Å². The smallest absolute Gasteiger partial charge is 0.268 e. The third-order valence-electron chi connectivity index (χ3n) is 2.45. The highest BCUT2D eigenvalue weighted by Gasteiger charge is 2.31. The molecule has 1 aliphatic rings. The van der Waals surface area contributed by atoms with E-state index in [-0.39, 0.29) is 10.6 Å². The summed E-state index contributed by atoms with van der Waals surface area (Å²) in [5.41, 5.74) is 6.03. The van der Waals surface area contributed by atoms with Crippen LogP contribution in [0.2, 0.25) is 0 Å². The van der Waals surface area contributed by atoms with Crippen LogP contribution < -0.4 is 10.5 Å². The predicted molar refractivity (Wildman–Crippen MR) is 61.9 cm³/mol. The van der Waals surface area contributed by atoms with E-state index >= 15 is 0 Å². The van der Waals surface area contributed by atoms with E-state index in [1.165, 1.54) is 25.3 Å². The highest BCUT2D eigenvalue weighted by atomic mass is 32.2. The summed E-state index contributed by atoms with van der Waals surface area (Å²) in [7, 11) is -2.27. The number of nitrogens with zero attached hydrogens (tertiary/aromatic N) is 1. The molecular weight excluding hydrogens is 244 g/mol. The molecule has 0 atom stereocenters. The molecule has 7 heteroatoms. The van der Waals surface area contributed by atoms with E-state index in [1.54, 1.807) is 0 Å². The van der Waals surface area contributed by atoms with Crippen LogP contribution in [0, 0.1) is 0 Å². The molecule has 0 unspecified atom stereocenters. The van der Waals surface area contributed by atoms with E-state index < -0.39 is 10.0 Å². The maximum atomic E-state index is 12.2. The maximum absolute atomic E-state index is 12.2. The molecule has 2 N–H and O–H groups in total. The fourth-order valence-corrected chi connectivity index (χ4v) is 3.06. The molecule has 17 heavy (non-hydrogen) atoms. The Kier molecular flexibility index (Phi) is 3.23. The van der Waals surface area contributed by atoms with Gasteiger partial charge >= 0.3 is 0 Å². The molecule has 1 heterocycles. The number of hydrogen-bond acceptors (Lipinski definition) is 5. The molecule has 0 bridgehead atoms. The fourth-order valence-electron chi connectivity index (χ4n) is 1.62. The van der Waals surface area contributed by atoms with Crippen LogP contribution in [0.1, 0.15) is 6.42 Å². The van der Waals surface area contributed by atoms with Gasteiger partial charge in [-0.2, -0.15) is 0 Å². The lowest BCUT2D eigenvalue weighted by Gasteiger charge is -2.16. The minimum absolute atomic E-state index is 0.0658. The molecule has 1 fully saturated rings. The summed E-state index contributed by atoms with van der Waals surface area (Å²) in [4.78, 5) is 5.13. The molecule has 0 amide bonds. The van der Waals surface area contributed by atoms with Crippen molar-refractivity contribution in [1.82, 2.24) is 4.47 Å². The molecule has 94 valence electrons. The summed E-state index contributed by atoms with van der Waals surface area (Å²) in [5, 5.41) is 0. The number of hydrogen-bond donors (Lipinski definition) is 1. The van der Waals surface area contributed by atoms with Crippen molar-refractivity contribution in [2.24, 2.45) is 0 Å². The van der Waals surface area contributed by atoms with Gasteiger partial charge in [-0.15, -0.1) is 0 Å². The number of rotatable bonds is 3. The average molecular weight is 258 g/mol. The topological polar surface area (TPSA) is 81.9 Å². The van der Waals surface area contributed by atoms with Crippen molar-refractivity contribution in [3.05, 3.63) is 18.2 Å². The Balaban J connectivity index is 2.45. The monoisotopic (exact) mass is 258 g/mol. The van der Waals surface area contributed by atoms with Crippen LogP contribution in [-0.2, 0) is 14.9 Å². The van der Waals surface area contributed by atoms with Gasteiger partial charge < -0.3 is 10.5 Å². The van der Waals surface area contributed by atoms with E-state index in [9.17, 15) is 8.42 Å². The standard InChI is InChI=1S/C10H14N2O4S/c1-15-9-7-8(11)3-4-10(9)17(13,14)12-5-2-6-16-12/h3-4,7H,2,5-6,11H2,1H3. The lowest BCUT2D eigenvalue weighted by Crippen LogP contribution is -2.27. The third kappa shape index (κ3) is 2.21. The Morgan fingerprint density at radius 1 is 1.47 bits per heavy atom. The van der Waals surface area contributed by atoms with Gasteiger partial charge in [0.05, 0.1) is 13.7 Å². The zero-order chi connectivity index (χ0) is 12.5. The van der Waals surface area contributed by atoms with Crippen LogP contribution in [-0.4, -0.2) is 33.1 Å². The zero-order valence-electron chi connectivity index (χ0n) is 9.42. The number of benzene rings is 1. The predicted octanol–water partition coefficient (Wildman–Crippen LogP) is 0.603. The lowest BCUT2D eigenvalue weighted by molar-refractivity contribution is -0.0285. The number of ether oxygens (including phenoxy) is 1. The number of nitrogen functional groups attached to an aromatic ring is 1. The summed E-state index contributed by atoms with van der Waals surface area (Å²) >= 11 is 0. The van der Waals surface area contributed by atoms with Gasteiger partial charge in [0.2, 0.25) is 0 Å². The summed E-state index contributed by atoms with van der Waals surface area (Å²) in [6, 6.07) is 4.42. The van der Waals surface area contributed by atoms with Crippen LogP contribution in [0.25, 0.3) is 0 Å². The first kappa shape index (κ1) is 12.2. The van der Waals surface area contributed by atoms with Gasteiger partial charge in [0.25, 0.3) is 10.0 Å². The number of methoxy groups -OCH3 is 1. The van der Waals surface area contributed by atoms with Gasteiger partial charge in [0.15, 0.2) is 0 Å². The molecule has 6 nitrogen and oxygen atoms in total. The molecular formula is C10H14N2O4S. The largest absolute Gasteiger partial charge is 0.495 e. The molecule has 1 aromatic carbocycles.